The Balaban J connectivity index is 2.19. The van der Waals surface area contributed by atoms with Crippen molar-refractivity contribution < 1.29 is 24.2 Å². The van der Waals surface area contributed by atoms with Gasteiger partial charge in [0.2, 0.25) is 0 Å². The molecule has 1 heterocycles. The minimum absolute atomic E-state index is 0.0214. The largest absolute Gasteiger partial charge is 0.466 e. The van der Waals surface area contributed by atoms with Crippen molar-refractivity contribution >= 4 is 11.9 Å². The van der Waals surface area contributed by atoms with Gasteiger partial charge in [0.05, 0.1) is 13.2 Å². The van der Waals surface area contributed by atoms with Crippen LogP contribution < -0.4 is 0 Å². The third kappa shape index (κ3) is 29.2. The van der Waals surface area contributed by atoms with Gasteiger partial charge in [-0.3, -0.25) is 14.5 Å². The molecule has 1 saturated heterocycles. The molecule has 0 bridgehead atoms. The standard InChI is InChI=1S/C46H89NO5/c1-4-7-10-13-16-21-29-40-51-45(49)34-28-22-23-30-42-36-37-43(47(41-42)38-39-48)31-24-19-20-27-35-46(50)52-44(32-25-17-14-11-8-5-2)33-26-18-15-12-9-6-3/h42-44,48H,4-41H2,1-3H3. The molecule has 1 N–H and O–H groups in total. The molecule has 6 heteroatoms. The van der Waals surface area contributed by atoms with E-state index in [1.807, 2.05) is 0 Å². The summed E-state index contributed by atoms with van der Waals surface area (Å²) in [6.45, 7) is 9.45. The number of β-amino-alcohol motifs (C(OH)–C–C–N with tert-alkyl or cyclic N) is 1. The van der Waals surface area contributed by atoms with Crippen LogP contribution >= 0.6 is 0 Å². The Labute approximate surface area is 323 Å². The normalized spacial score (nSPS) is 16.5. The molecule has 0 saturated carbocycles. The second-order valence-electron chi connectivity index (χ2n) is 16.4. The Hall–Kier alpha value is -1.14. The van der Waals surface area contributed by atoms with Gasteiger partial charge < -0.3 is 14.6 Å². The van der Waals surface area contributed by atoms with Crippen LogP contribution in [0, 0.1) is 5.92 Å². The molecule has 0 spiro atoms. The summed E-state index contributed by atoms with van der Waals surface area (Å²) < 4.78 is 11.5. The highest BCUT2D eigenvalue weighted by molar-refractivity contribution is 5.69. The molecule has 0 aromatic carbocycles. The molecule has 1 rings (SSSR count). The van der Waals surface area contributed by atoms with Gasteiger partial charge in [-0.2, -0.15) is 0 Å². The Morgan fingerprint density at radius 2 is 1.06 bits per heavy atom. The number of nitrogens with zero attached hydrogens (tertiary/aromatic N) is 1. The van der Waals surface area contributed by atoms with Gasteiger partial charge in [-0.05, 0) is 76.5 Å². The summed E-state index contributed by atoms with van der Waals surface area (Å²) in [7, 11) is 0. The maximum atomic E-state index is 12.8. The van der Waals surface area contributed by atoms with E-state index >= 15 is 0 Å². The maximum Gasteiger partial charge on any atom is 0.306 e. The van der Waals surface area contributed by atoms with E-state index in [0.717, 1.165) is 58.0 Å². The third-order valence-corrected chi connectivity index (χ3v) is 11.5. The number of ether oxygens (including phenoxy) is 2. The van der Waals surface area contributed by atoms with Crippen molar-refractivity contribution in [1.29, 1.82) is 0 Å². The average molecular weight is 736 g/mol. The summed E-state index contributed by atoms with van der Waals surface area (Å²) in [5, 5.41) is 9.77. The molecule has 0 amide bonds. The van der Waals surface area contributed by atoms with E-state index in [-0.39, 0.29) is 24.6 Å². The van der Waals surface area contributed by atoms with E-state index < -0.39 is 0 Å². The van der Waals surface area contributed by atoms with E-state index in [9.17, 15) is 14.7 Å². The molecular formula is C46H89NO5. The number of likely N-dealkylation sites (tertiary alicyclic amines) is 1. The Morgan fingerprint density at radius 3 is 1.65 bits per heavy atom. The van der Waals surface area contributed by atoms with E-state index in [1.54, 1.807) is 0 Å². The summed E-state index contributed by atoms with van der Waals surface area (Å²) in [5.41, 5.74) is 0. The Kier molecular flexibility index (Phi) is 34.6. The summed E-state index contributed by atoms with van der Waals surface area (Å²) >= 11 is 0. The Morgan fingerprint density at radius 1 is 0.577 bits per heavy atom. The lowest BCUT2D eigenvalue weighted by Gasteiger charge is -2.39. The van der Waals surface area contributed by atoms with Crippen molar-refractivity contribution in [3.8, 4) is 0 Å². The van der Waals surface area contributed by atoms with Crippen LogP contribution in [0.3, 0.4) is 0 Å². The van der Waals surface area contributed by atoms with Crippen LogP contribution in [0.1, 0.15) is 239 Å². The lowest BCUT2D eigenvalue weighted by molar-refractivity contribution is -0.150. The summed E-state index contributed by atoms with van der Waals surface area (Å²) in [4.78, 5) is 27.4. The summed E-state index contributed by atoms with van der Waals surface area (Å²) in [6.07, 6.45) is 39.9. The molecule has 0 aromatic rings. The van der Waals surface area contributed by atoms with Crippen LogP contribution in [0.25, 0.3) is 0 Å². The van der Waals surface area contributed by atoms with Gasteiger partial charge in [0.15, 0.2) is 0 Å². The van der Waals surface area contributed by atoms with E-state index in [4.69, 9.17) is 9.47 Å². The van der Waals surface area contributed by atoms with Crippen LogP contribution in [-0.2, 0) is 19.1 Å². The number of aliphatic hydroxyl groups excluding tert-OH is 1. The average Bonchev–Trinajstić information content (AvgIpc) is 3.14. The number of hydrogen-bond acceptors (Lipinski definition) is 6. The predicted octanol–water partition coefficient (Wildman–Crippen LogP) is 13.1. The zero-order valence-corrected chi connectivity index (χ0v) is 35.1. The van der Waals surface area contributed by atoms with Gasteiger partial charge in [-0.25, -0.2) is 0 Å². The van der Waals surface area contributed by atoms with Crippen molar-refractivity contribution in [3.63, 3.8) is 0 Å². The van der Waals surface area contributed by atoms with E-state index in [0.29, 0.717) is 31.4 Å². The number of unbranched alkanes of at least 4 members (excludes halogenated alkanes) is 21. The fraction of sp³-hybridized carbons (Fsp3) is 0.957. The number of hydrogen-bond donors (Lipinski definition) is 1. The SMILES string of the molecule is CCCCCCCCCOC(=O)CCCCCC1CCC(CCCCCCC(=O)OC(CCCCCCCC)CCCCCCCC)N(CCO)C1. The van der Waals surface area contributed by atoms with Crippen molar-refractivity contribution in [3.05, 3.63) is 0 Å². The number of esters is 2. The smallest absolute Gasteiger partial charge is 0.306 e. The van der Waals surface area contributed by atoms with Crippen LogP contribution in [0.2, 0.25) is 0 Å². The van der Waals surface area contributed by atoms with Crippen LogP contribution in [-0.4, -0.2) is 60.4 Å². The molecular weight excluding hydrogens is 647 g/mol. The first-order valence-corrected chi connectivity index (χ1v) is 23.2. The zero-order valence-electron chi connectivity index (χ0n) is 35.1. The maximum absolute atomic E-state index is 12.8. The highest BCUT2D eigenvalue weighted by Gasteiger charge is 2.27. The minimum atomic E-state index is -0.0215. The second-order valence-corrected chi connectivity index (χ2v) is 16.4. The van der Waals surface area contributed by atoms with Crippen molar-refractivity contribution in [2.24, 2.45) is 5.92 Å². The van der Waals surface area contributed by atoms with Crippen LogP contribution in [0.4, 0.5) is 0 Å². The molecule has 1 aliphatic rings. The Bertz CT molecular complexity index is 775. The van der Waals surface area contributed by atoms with Crippen molar-refractivity contribution in [2.75, 3.05) is 26.3 Å². The van der Waals surface area contributed by atoms with Gasteiger partial charge in [-0.1, -0.05) is 156 Å². The van der Waals surface area contributed by atoms with Gasteiger partial charge in [0.25, 0.3) is 0 Å². The first-order valence-electron chi connectivity index (χ1n) is 23.2. The van der Waals surface area contributed by atoms with Gasteiger partial charge >= 0.3 is 11.9 Å². The van der Waals surface area contributed by atoms with E-state index in [1.165, 1.54) is 161 Å². The van der Waals surface area contributed by atoms with Gasteiger partial charge in [-0.15, -0.1) is 0 Å². The molecule has 0 radical (unpaired) electrons. The second kappa shape index (κ2) is 36.8. The monoisotopic (exact) mass is 736 g/mol. The molecule has 2 unspecified atom stereocenters. The van der Waals surface area contributed by atoms with E-state index in [2.05, 4.69) is 25.7 Å². The number of rotatable bonds is 38. The quantitative estimate of drug-likeness (QED) is 0.0502. The fourth-order valence-electron chi connectivity index (χ4n) is 8.16. The first-order chi connectivity index (χ1) is 25.5. The minimum Gasteiger partial charge on any atom is -0.466 e. The lowest BCUT2D eigenvalue weighted by atomic mass is 9.86. The molecule has 1 fully saturated rings. The van der Waals surface area contributed by atoms with Crippen molar-refractivity contribution in [2.45, 2.75) is 251 Å². The molecule has 0 aromatic heterocycles. The molecule has 6 nitrogen and oxygen atoms in total. The number of carbonyl (C=O) groups is 2. The number of carbonyl (C=O) groups excluding carboxylic acids is 2. The van der Waals surface area contributed by atoms with Crippen LogP contribution in [0.15, 0.2) is 0 Å². The van der Waals surface area contributed by atoms with Gasteiger partial charge in [0.1, 0.15) is 6.10 Å². The van der Waals surface area contributed by atoms with Crippen LogP contribution in [0.5, 0.6) is 0 Å². The first kappa shape index (κ1) is 48.9. The fourth-order valence-corrected chi connectivity index (χ4v) is 8.16. The van der Waals surface area contributed by atoms with Gasteiger partial charge in [0, 0.05) is 32.0 Å². The molecule has 52 heavy (non-hydrogen) atoms. The molecule has 1 aliphatic heterocycles. The number of piperidine rings is 1. The lowest BCUT2D eigenvalue weighted by Crippen LogP contribution is -2.44. The molecule has 0 aliphatic carbocycles. The van der Waals surface area contributed by atoms with Crippen molar-refractivity contribution in [1.82, 2.24) is 4.90 Å². The molecule has 2 atom stereocenters. The zero-order chi connectivity index (χ0) is 37.7. The third-order valence-electron chi connectivity index (χ3n) is 11.5. The highest BCUT2D eigenvalue weighted by atomic mass is 16.5. The summed E-state index contributed by atoms with van der Waals surface area (Å²) in [6, 6.07) is 0.573. The molecule has 308 valence electrons. The highest BCUT2D eigenvalue weighted by Crippen LogP contribution is 2.29. The predicted molar refractivity (Wildman–Crippen MR) is 221 cm³/mol. The number of aliphatic hydroxyl groups is 1. The topological polar surface area (TPSA) is 76.1 Å². The summed E-state index contributed by atoms with van der Waals surface area (Å²) in [5.74, 6) is 0.698.